The van der Waals surface area contributed by atoms with Gasteiger partial charge in [0.2, 0.25) is 0 Å². The molecule has 4 heteroatoms. The maximum atomic E-state index is 6.44. The van der Waals surface area contributed by atoms with Crippen LogP contribution in [-0.2, 0) is 17.4 Å². The van der Waals surface area contributed by atoms with E-state index in [2.05, 4.69) is 51.1 Å². The highest BCUT2D eigenvalue weighted by Gasteiger charge is 2.26. The normalized spacial score (nSPS) is 16.6. The predicted octanol–water partition coefficient (Wildman–Crippen LogP) is 7.85. The van der Waals surface area contributed by atoms with Gasteiger partial charge in [0.1, 0.15) is 11.5 Å². The van der Waals surface area contributed by atoms with E-state index in [-0.39, 0.29) is 0 Å². The topological polar surface area (TPSA) is 27.7 Å². The van der Waals surface area contributed by atoms with Gasteiger partial charge in [-0.2, -0.15) is 0 Å². The van der Waals surface area contributed by atoms with E-state index in [9.17, 15) is 0 Å². The second-order valence-corrected chi connectivity index (χ2v) is 8.98. The lowest BCUT2D eigenvalue weighted by Crippen LogP contribution is -2.12. The summed E-state index contributed by atoms with van der Waals surface area (Å²) in [5.74, 6) is 2.41. The van der Waals surface area contributed by atoms with Gasteiger partial charge in [-0.1, -0.05) is 82.9 Å². The number of unbranched alkanes of at least 4 members (excludes halogenated alkanes) is 2. The molecule has 2 aromatic rings. The highest BCUT2D eigenvalue weighted by Crippen LogP contribution is 2.48. The number of benzene rings is 2. The Labute approximate surface area is 177 Å². The average Bonchev–Trinajstić information content (AvgIpc) is 2.73. The molecule has 2 atom stereocenters. The number of aryl methyl sites for hydroxylation is 1. The van der Waals surface area contributed by atoms with Gasteiger partial charge in [-0.3, -0.25) is 4.52 Å². The Bertz CT molecular complexity index is 761. The Morgan fingerprint density at radius 2 is 1.72 bits per heavy atom. The molecule has 3 nitrogen and oxygen atoms in total. The molecule has 0 saturated carbocycles. The third-order valence-corrected chi connectivity index (χ3v) is 6.67. The minimum absolute atomic E-state index is 0.556. The van der Waals surface area contributed by atoms with E-state index >= 15 is 0 Å². The summed E-state index contributed by atoms with van der Waals surface area (Å²) in [4.78, 5) is 0. The molecule has 0 N–H and O–H groups in total. The van der Waals surface area contributed by atoms with E-state index in [4.69, 9.17) is 13.6 Å². The van der Waals surface area contributed by atoms with E-state index in [1.807, 2.05) is 12.1 Å². The summed E-state index contributed by atoms with van der Waals surface area (Å²) < 4.78 is 19.0. The molecular weight excluding hydrogens is 379 g/mol. The van der Waals surface area contributed by atoms with Crippen LogP contribution in [0.3, 0.4) is 0 Å². The summed E-state index contributed by atoms with van der Waals surface area (Å²) in [6, 6.07) is 14.8. The number of hydrogen-bond donors (Lipinski definition) is 0. The number of para-hydroxylation sites is 2. The smallest absolute Gasteiger partial charge is 0.417 e. The maximum Gasteiger partial charge on any atom is 0.463 e. The van der Waals surface area contributed by atoms with Crippen LogP contribution in [0.25, 0.3) is 0 Å². The van der Waals surface area contributed by atoms with Crippen molar-refractivity contribution >= 4 is 8.60 Å². The van der Waals surface area contributed by atoms with E-state index in [0.717, 1.165) is 37.2 Å². The van der Waals surface area contributed by atoms with Gasteiger partial charge in [0.05, 0.1) is 6.61 Å². The van der Waals surface area contributed by atoms with E-state index in [0.29, 0.717) is 12.5 Å². The van der Waals surface area contributed by atoms with Crippen molar-refractivity contribution in [3.05, 3.63) is 59.2 Å². The molecule has 1 aliphatic heterocycles. The Balaban J connectivity index is 1.84. The fourth-order valence-corrected chi connectivity index (χ4v) is 4.89. The molecular formula is C25H35O3P. The molecule has 2 aromatic carbocycles. The van der Waals surface area contributed by atoms with Crippen LogP contribution >= 0.6 is 8.60 Å². The van der Waals surface area contributed by atoms with Crippen LogP contribution in [0, 0.1) is 5.92 Å². The SMILES string of the molecule is CCCCc1cccc2c1OP(OCC(CC)CCCC)Oc1ccccc1C2. The monoisotopic (exact) mass is 414 g/mol. The molecule has 3 rings (SSSR count). The Morgan fingerprint density at radius 1 is 0.931 bits per heavy atom. The van der Waals surface area contributed by atoms with Crippen LogP contribution in [0.5, 0.6) is 11.5 Å². The first-order valence-corrected chi connectivity index (χ1v) is 12.3. The number of rotatable bonds is 10. The summed E-state index contributed by atoms with van der Waals surface area (Å²) in [5, 5.41) is 0. The summed E-state index contributed by atoms with van der Waals surface area (Å²) in [5.41, 5.74) is 3.68. The average molecular weight is 415 g/mol. The van der Waals surface area contributed by atoms with Crippen molar-refractivity contribution < 1.29 is 13.6 Å². The van der Waals surface area contributed by atoms with Crippen LogP contribution in [-0.4, -0.2) is 6.61 Å². The third-order valence-electron chi connectivity index (χ3n) is 5.63. The summed E-state index contributed by atoms with van der Waals surface area (Å²) in [6.07, 6.45) is 8.97. The van der Waals surface area contributed by atoms with Crippen LogP contribution in [0.1, 0.15) is 76.0 Å². The maximum absolute atomic E-state index is 6.44. The highest BCUT2D eigenvalue weighted by atomic mass is 31.2. The van der Waals surface area contributed by atoms with Gasteiger partial charge >= 0.3 is 8.60 Å². The molecule has 0 saturated heterocycles. The molecule has 2 unspecified atom stereocenters. The molecule has 1 aliphatic rings. The Morgan fingerprint density at radius 3 is 2.52 bits per heavy atom. The molecule has 1 heterocycles. The van der Waals surface area contributed by atoms with Crippen molar-refractivity contribution in [2.75, 3.05) is 6.61 Å². The first kappa shape index (κ1) is 22.1. The van der Waals surface area contributed by atoms with Crippen molar-refractivity contribution in [2.45, 2.75) is 72.1 Å². The van der Waals surface area contributed by atoms with Gasteiger partial charge in [0, 0.05) is 6.42 Å². The second kappa shape index (κ2) is 11.6. The highest BCUT2D eigenvalue weighted by molar-refractivity contribution is 7.42. The molecule has 0 aromatic heterocycles. The molecule has 0 bridgehead atoms. The fraction of sp³-hybridized carbons (Fsp3) is 0.520. The molecule has 0 fully saturated rings. The van der Waals surface area contributed by atoms with Crippen LogP contribution in [0.15, 0.2) is 42.5 Å². The van der Waals surface area contributed by atoms with Crippen molar-refractivity contribution in [1.82, 2.24) is 0 Å². The minimum Gasteiger partial charge on any atom is -0.417 e. The zero-order chi connectivity index (χ0) is 20.5. The van der Waals surface area contributed by atoms with Crippen molar-refractivity contribution in [3.63, 3.8) is 0 Å². The van der Waals surface area contributed by atoms with Gasteiger partial charge in [-0.15, -0.1) is 0 Å². The van der Waals surface area contributed by atoms with E-state index < -0.39 is 8.60 Å². The van der Waals surface area contributed by atoms with E-state index in [1.54, 1.807) is 0 Å². The number of hydrogen-bond acceptors (Lipinski definition) is 3. The first-order chi connectivity index (χ1) is 14.2. The second-order valence-electron chi connectivity index (χ2n) is 7.91. The lowest BCUT2D eigenvalue weighted by molar-refractivity contribution is 0.206. The standard InChI is InChI=1S/C25H35O3P/c1-4-7-12-20(6-3)19-26-29-27-24-17-10-9-14-22(24)18-23-16-11-15-21(13-8-5-2)25(23)28-29/h9-11,14-17,20H,4-8,12-13,18-19H2,1-3H3. The molecule has 0 amide bonds. The van der Waals surface area contributed by atoms with Gasteiger partial charge in [0.25, 0.3) is 0 Å². The quantitative estimate of drug-likeness (QED) is 0.370. The summed E-state index contributed by atoms with van der Waals surface area (Å²) in [7, 11) is -1.47. The predicted molar refractivity (Wildman–Crippen MR) is 122 cm³/mol. The first-order valence-electron chi connectivity index (χ1n) is 11.2. The van der Waals surface area contributed by atoms with Gasteiger partial charge < -0.3 is 9.05 Å². The molecule has 0 radical (unpaired) electrons. The Hall–Kier alpha value is -1.57. The van der Waals surface area contributed by atoms with Crippen molar-refractivity contribution in [1.29, 1.82) is 0 Å². The Kier molecular flexibility index (Phi) is 8.83. The number of fused-ring (bicyclic) bond motifs is 2. The zero-order valence-electron chi connectivity index (χ0n) is 18.2. The van der Waals surface area contributed by atoms with Crippen LogP contribution in [0.2, 0.25) is 0 Å². The van der Waals surface area contributed by atoms with Crippen LogP contribution < -0.4 is 9.05 Å². The lowest BCUT2D eigenvalue weighted by Gasteiger charge is -2.26. The van der Waals surface area contributed by atoms with Crippen LogP contribution in [0.4, 0.5) is 0 Å². The third kappa shape index (κ3) is 6.20. The van der Waals surface area contributed by atoms with Gasteiger partial charge in [0.15, 0.2) is 0 Å². The van der Waals surface area contributed by atoms with Crippen molar-refractivity contribution in [3.8, 4) is 11.5 Å². The largest absolute Gasteiger partial charge is 0.463 e. The molecule has 0 aliphatic carbocycles. The molecule has 158 valence electrons. The molecule has 0 spiro atoms. The van der Waals surface area contributed by atoms with Gasteiger partial charge in [-0.25, -0.2) is 0 Å². The van der Waals surface area contributed by atoms with Gasteiger partial charge in [-0.05, 0) is 47.9 Å². The van der Waals surface area contributed by atoms with Crippen molar-refractivity contribution in [2.24, 2.45) is 5.92 Å². The zero-order valence-corrected chi connectivity index (χ0v) is 19.0. The summed E-state index contributed by atoms with van der Waals surface area (Å²) in [6.45, 7) is 7.40. The summed E-state index contributed by atoms with van der Waals surface area (Å²) >= 11 is 0. The molecule has 29 heavy (non-hydrogen) atoms. The lowest BCUT2D eigenvalue weighted by atomic mass is 9.98. The minimum atomic E-state index is -1.47. The fourth-order valence-electron chi connectivity index (χ4n) is 3.69. The van der Waals surface area contributed by atoms with E-state index in [1.165, 1.54) is 42.4 Å².